The van der Waals surface area contributed by atoms with Gasteiger partial charge in [0, 0.05) is 24.3 Å². The number of esters is 1. The van der Waals surface area contributed by atoms with Crippen molar-refractivity contribution in [1.82, 2.24) is 5.32 Å². The van der Waals surface area contributed by atoms with Crippen molar-refractivity contribution in [2.45, 2.75) is 12.5 Å². The molecule has 9 nitrogen and oxygen atoms in total. The number of benzene rings is 1. The third-order valence-electron chi connectivity index (χ3n) is 3.44. The lowest BCUT2D eigenvalue weighted by Crippen LogP contribution is -2.38. The molecule has 1 N–H and O–H groups in total. The number of amides is 1. The zero-order valence-corrected chi connectivity index (χ0v) is 13.9. The van der Waals surface area contributed by atoms with Gasteiger partial charge < -0.3 is 10.1 Å². The molecule has 1 aromatic rings. The monoisotopic (exact) mass is 368 g/mol. The fourth-order valence-corrected chi connectivity index (χ4v) is 3.94. The van der Waals surface area contributed by atoms with Crippen molar-refractivity contribution in [2.24, 2.45) is 0 Å². The summed E-state index contributed by atoms with van der Waals surface area (Å²) in [7, 11) is -3.10. The summed E-state index contributed by atoms with van der Waals surface area (Å²) in [5, 5.41) is 13.1. The topological polar surface area (TPSA) is 133 Å². The average molecular weight is 368 g/mol. The van der Waals surface area contributed by atoms with E-state index in [2.05, 4.69) is 5.32 Å². The van der Waals surface area contributed by atoms with E-state index >= 15 is 0 Å². The van der Waals surface area contributed by atoms with Crippen molar-refractivity contribution in [3.05, 3.63) is 46.0 Å². The molecule has 134 valence electrons. The largest absolute Gasteiger partial charge is 0.452 e. The van der Waals surface area contributed by atoms with Gasteiger partial charge in [-0.25, -0.2) is 13.2 Å². The number of rotatable bonds is 6. The van der Waals surface area contributed by atoms with Gasteiger partial charge in [0.2, 0.25) is 0 Å². The van der Waals surface area contributed by atoms with E-state index in [1.807, 2.05) is 0 Å². The number of hydrogen-bond acceptors (Lipinski definition) is 7. The van der Waals surface area contributed by atoms with Gasteiger partial charge in [0.25, 0.3) is 11.6 Å². The van der Waals surface area contributed by atoms with Crippen LogP contribution < -0.4 is 5.32 Å². The number of carbonyl (C=O) groups excluding carboxylic acids is 2. The molecule has 0 unspecified atom stereocenters. The second kappa shape index (κ2) is 7.88. The normalized spacial score (nSPS) is 18.8. The number of nitrogens with one attached hydrogen (secondary N) is 1. The average Bonchev–Trinajstić information content (AvgIpc) is 2.89. The number of nitro groups is 1. The quantitative estimate of drug-likeness (QED) is 0.334. The molecule has 1 heterocycles. The van der Waals surface area contributed by atoms with Crippen molar-refractivity contribution in [3.8, 4) is 0 Å². The molecule has 1 atom stereocenters. The van der Waals surface area contributed by atoms with E-state index in [4.69, 9.17) is 4.74 Å². The summed E-state index contributed by atoms with van der Waals surface area (Å²) in [5.41, 5.74) is 0.327. The number of carbonyl (C=O) groups is 2. The molecule has 0 bridgehead atoms. The predicted octanol–water partition coefficient (Wildman–Crippen LogP) is 0.455. The summed E-state index contributed by atoms with van der Waals surface area (Å²) in [6, 6.07) is 5.20. The Balaban J connectivity index is 1.79. The van der Waals surface area contributed by atoms with E-state index in [-0.39, 0.29) is 17.2 Å². The van der Waals surface area contributed by atoms with Crippen LogP contribution in [0.5, 0.6) is 0 Å². The van der Waals surface area contributed by atoms with Gasteiger partial charge in [0.1, 0.15) is 0 Å². The first-order valence-corrected chi connectivity index (χ1v) is 9.16. The number of sulfone groups is 1. The minimum Gasteiger partial charge on any atom is -0.452 e. The third-order valence-corrected chi connectivity index (χ3v) is 5.20. The highest BCUT2D eigenvalue weighted by Gasteiger charge is 2.28. The van der Waals surface area contributed by atoms with Gasteiger partial charge in [-0.15, -0.1) is 0 Å². The number of hydrogen-bond donors (Lipinski definition) is 1. The highest BCUT2D eigenvalue weighted by molar-refractivity contribution is 7.91. The smallest absolute Gasteiger partial charge is 0.331 e. The molecule has 0 saturated carbocycles. The van der Waals surface area contributed by atoms with Crippen LogP contribution in [0, 0.1) is 10.1 Å². The molecule has 0 aliphatic carbocycles. The molecule has 0 radical (unpaired) electrons. The molecule has 2 rings (SSSR count). The maximum absolute atomic E-state index is 11.6. The Morgan fingerprint density at radius 3 is 2.80 bits per heavy atom. The SMILES string of the molecule is O=C(COC(=O)/C=C/c1cccc([N+](=O)[O-])c1)N[C@@H]1CCS(=O)(=O)C1. The lowest BCUT2D eigenvalue weighted by molar-refractivity contribution is -0.384. The fourth-order valence-electron chi connectivity index (χ4n) is 2.27. The van der Waals surface area contributed by atoms with E-state index in [9.17, 15) is 28.1 Å². The van der Waals surface area contributed by atoms with Gasteiger partial charge in [-0.3, -0.25) is 14.9 Å². The predicted molar refractivity (Wildman–Crippen MR) is 88.3 cm³/mol. The molecule has 1 aromatic carbocycles. The maximum Gasteiger partial charge on any atom is 0.331 e. The van der Waals surface area contributed by atoms with Crippen molar-refractivity contribution in [2.75, 3.05) is 18.1 Å². The fraction of sp³-hybridized carbons (Fsp3) is 0.333. The van der Waals surface area contributed by atoms with Crippen LogP contribution in [0.2, 0.25) is 0 Å². The molecular weight excluding hydrogens is 352 g/mol. The van der Waals surface area contributed by atoms with Crippen molar-refractivity contribution < 1.29 is 27.7 Å². The van der Waals surface area contributed by atoms with Crippen molar-refractivity contribution in [3.63, 3.8) is 0 Å². The third kappa shape index (κ3) is 5.99. The zero-order chi connectivity index (χ0) is 18.4. The second-order valence-corrected chi connectivity index (χ2v) is 7.69. The number of non-ortho nitro benzene ring substituents is 1. The molecule has 1 aliphatic heterocycles. The summed E-state index contributed by atoms with van der Waals surface area (Å²) in [5.74, 6) is -1.46. The highest BCUT2D eigenvalue weighted by atomic mass is 32.2. The van der Waals surface area contributed by atoms with Crippen LogP contribution in [-0.4, -0.2) is 49.4 Å². The van der Waals surface area contributed by atoms with Crippen LogP contribution in [0.4, 0.5) is 5.69 Å². The Labute approximate surface area is 143 Å². The highest BCUT2D eigenvalue weighted by Crippen LogP contribution is 2.14. The first-order chi connectivity index (χ1) is 11.7. The number of nitro benzene ring substituents is 1. The van der Waals surface area contributed by atoms with Crippen LogP contribution in [0.15, 0.2) is 30.3 Å². The minimum absolute atomic E-state index is 0.0314. The molecule has 1 aliphatic rings. The minimum atomic E-state index is -3.10. The Morgan fingerprint density at radius 2 is 2.16 bits per heavy atom. The molecule has 0 aromatic heterocycles. The maximum atomic E-state index is 11.6. The van der Waals surface area contributed by atoms with Gasteiger partial charge in [-0.1, -0.05) is 12.1 Å². The lowest BCUT2D eigenvalue weighted by Gasteiger charge is -2.10. The molecular formula is C15H16N2O7S. The Hall–Kier alpha value is -2.75. The first-order valence-electron chi connectivity index (χ1n) is 7.34. The molecule has 25 heavy (non-hydrogen) atoms. The standard InChI is InChI=1S/C15H16N2O7S/c18-14(16-12-6-7-25(22,23)10-12)9-24-15(19)5-4-11-2-1-3-13(8-11)17(20)21/h1-5,8,12H,6-7,9-10H2,(H,16,18)/b5-4+/t12-/m1/s1. The Kier molecular flexibility index (Phi) is 5.86. The summed E-state index contributed by atoms with van der Waals surface area (Å²) in [4.78, 5) is 33.3. The van der Waals surface area contributed by atoms with Crippen LogP contribution >= 0.6 is 0 Å². The first kappa shape index (κ1) is 18.6. The van der Waals surface area contributed by atoms with Crippen LogP contribution in [0.3, 0.4) is 0 Å². The van der Waals surface area contributed by atoms with E-state index in [0.717, 1.165) is 6.08 Å². The number of ether oxygens (including phenoxy) is 1. The van der Waals surface area contributed by atoms with Gasteiger partial charge in [-0.2, -0.15) is 0 Å². The molecule has 1 saturated heterocycles. The van der Waals surface area contributed by atoms with Crippen LogP contribution in [-0.2, 0) is 24.2 Å². The summed E-state index contributed by atoms with van der Waals surface area (Å²) < 4.78 is 27.3. The molecule has 0 spiro atoms. The van der Waals surface area contributed by atoms with Crippen LogP contribution in [0.1, 0.15) is 12.0 Å². The summed E-state index contributed by atoms with van der Waals surface area (Å²) >= 11 is 0. The van der Waals surface area contributed by atoms with Crippen molar-refractivity contribution >= 4 is 33.5 Å². The molecule has 1 amide bonds. The molecule has 1 fully saturated rings. The van der Waals surface area contributed by atoms with Gasteiger partial charge in [0.15, 0.2) is 16.4 Å². The van der Waals surface area contributed by atoms with E-state index in [1.165, 1.54) is 24.3 Å². The number of nitrogens with zero attached hydrogens (tertiary/aromatic N) is 1. The van der Waals surface area contributed by atoms with E-state index in [0.29, 0.717) is 12.0 Å². The van der Waals surface area contributed by atoms with E-state index in [1.54, 1.807) is 6.07 Å². The Bertz CT molecular complexity index is 817. The summed E-state index contributed by atoms with van der Waals surface area (Å²) in [6.45, 7) is -0.533. The van der Waals surface area contributed by atoms with Gasteiger partial charge in [0.05, 0.1) is 16.4 Å². The van der Waals surface area contributed by atoms with Gasteiger partial charge >= 0.3 is 5.97 Å². The van der Waals surface area contributed by atoms with Gasteiger partial charge in [-0.05, 0) is 18.1 Å². The second-order valence-electron chi connectivity index (χ2n) is 5.46. The van der Waals surface area contributed by atoms with Crippen molar-refractivity contribution in [1.29, 1.82) is 0 Å². The zero-order valence-electron chi connectivity index (χ0n) is 13.1. The summed E-state index contributed by atoms with van der Waals surface area (Å²) in [6.07, 6.45) is 2.72. The van der Waals surface area contributed by atoms with Crippen LogP contribution in [0.25, 0.3) is 6.08 Å². The molecule has 10 heteroatoms. The van der Waals surface area contributed by atoms with E-state index < -0.39 is 39.3 Å². The Morgan fingerprint density at radius 1 is 1.40 bits per heavy atom. The lowest BCUT2D eigenvalue weighted by atomic mass is 10.2.